The van der Waals surface area contributed by atoms with Crippen LogP contribution in [-0.4, -0.2) is 27.1 Å². The Morgan fingerprint density at radius 3 is 2.83 bits per heavy atom. The molecule has 1 aromatic heterocycles. The number of nitrogens with zero attached hydrogens (tertiary/aromatic N) is 3. The molecule has 4 nitrogen and oxygen atoms in total. The van der Waals surface area contributed by atoms with Gasteiger partial charge in [0.1, 0.15) is 0 Å². The van der Waals surface area contributed by atoms with Gasteiger partial charge in [-0.15, -0.1) is 0 Å². The van der Waals surface area contributed by atoms with Crippen molar-refractivity contribution in [3.63, 3.8) is 0 Å². The number of amides is 1. The fourth-order valence-electron chi connectivity index (χ4n) is 4.46. The summed E-state index contributed by atoms with van der Waals surface area (Å²) in [5.41, 5.74) is 1.28. The fraction of sp³-hybridized carbons (Fsp3) is 0.474. The van der Waals surface area contributed by atoms with E-state index >= 15 is 0 Å². The van der Waals surface area contributed by atoms with Crippen molar-refractivity contribution in [1.82, 2.24) is 14.7 Å². The molecule has 0 N–H and O–H groups in total. The monoisotopic (exact) mass is 309 g/mol. The van der Waals surface area contributed by atoms with Crippen LogP contribution in [0.2, 0.25) is 0 Å². The molecule has 23 heavy (non-hydrogen) atoms. The molecule has 120 valence electrons. The molecule has 1 saturated carbocycles. The zero-order valence-electron chi connectivity index (χ0n) is 13.4. The Labute approximate surface area is 137 Å². The molecule has 4 heteroatoms. The van der Waals surface area contributed by atoms with E-state index in [2.05, 4.69) is 40.3 Å². The van der Waals surface area contributed by atoms with E-state index in [0.29, 0.717) is 18.9 Å². The largest absolute Gasteiger partial charge is 0.332 e. The second kappa shape index (κ2) is 5.84. The number of hydrogen-bond acceptors (Lipinski definition) is 2. The van der Waals surface area contributed by atoms with Crippen LogP contribution in [0.5, 0.6) is 0 Å². The quantitative estimate of drug-likeness (QED) is 0.870. The van der Waals surface area contributed by atoms with Gasteiger partial charge < -0.3 is 4.90 Å². The SMILES string of the molecule is O=C(CCn1cccn1)N1C[C@@H]2CCCC[C@@]21c1ccccc1. The lowest BCUT2D eigenvalue weighted by Crippen LogP contribution is -2.67. The first kappa shape index (κ1) is 14.5. The molecule has 4 rings (SSSR count). The average molecular weight is 309 g/mol. The van der Waals surface area contributed by atoms with E-state index in [-0.39, 0.29) is 11.4 Å². The van der Waals surface area contributed by atoms with Gasteiger partial charge in [0.2, 0.25) is 5.91 Å². The van der Waals surface area contributed by atoms with E-state index in [1.807, 2.05) is 16.9 Å². The fourth-order valence-corrected chi connectivity index (χ4v) is 4.46. The minimum Gasteiger partial charge on any atom is -0.332 e. The van der Waals surface area contributed by atoms with Gasteiger partial charge in [-0.1, -0.05) is 43.2 Å². The highest BCUT2D eigenvalue weighted by atomic mass is 16.2. The summed E-state index contributed by atoms with van der Waals surface area (Å²) in [6, 6.07) is 12.6. The number of benzene rings is 1. The van der Waals surface area contributed by atoms with Crippen LogP contribution in [0.4, 0.5) is 0 Å². The maximum Gasteiger partial charge on any atom is 0.225 e. The maximum absolute atomic E-state index is 12.8. The summed E-state index contributed by atoms with van der Waals surface area (Å²) in [5, 5.41) is 4.19. The van der Waals surface area contributed by atoms with Crippen LogP contribution in [0.3, 0.4) is 0 Å². The molecule has 2 aromatic rings. The van der Waals surface area contributed by atoms with E-state index in [0.717, 1.165) is 13.0 Å². The smallest absolute Gasteiger partial charge is 0.225 e. The van der Waals surface area contributed by atoms with Gasteiger partial charge in [0.05, 0.1) is 5.54 Å². The third-order valence-electron chi connectivity index (χ3n) is 5.61. The predicted molar refractivity (Wildman–Crippen MR) is 88.6 cm³/mol. The average Bonchev–Trinajstić information content (AvgIpc) is 3.08. The number of rotatable bonds is 4. The molecule has 0 bridgehead atoms. The zero-order valence-corrected chi connectivity index (χ0v) is 13.4. The molecule has 1 aromatic carbocycles. The highest BCUT2D eigenvalue weighted by Gasteiger charge is 2.56. The molecule has 1 saturated heterocycles. The van der Waals surface area contributed by atoms with Crippen molar-refractivity contribution in [2.24, 2.45) is 5.92 Å². The Morgan fingerprint density at radius 2 is 2.09 bits per heavy atom. The van der Waals surface area contributed by atoms with Gasteiger partial charge in [0.15, 0.2) is 0 Å². The van der Waals surface area contributed by atoms with Crippen LogP contribution < -0.4 is 0 Å². The van der Waals surface area contributed by atoms with Gasteiger partial charge in [0, 0.05) is 37.8 Å². The molecule has 2 fully saturated rings. The molecule has 0 radical (unpaired) electrons. The first-order chi connectivity index (χ1) is 11.3. The Hall–Kier alpha value is -2.10. The van der Waals surface area contributed by atoms with Crippen LogP contribution in [0.15, 0.2) is 48.8 Å². The van der Waals surface area contributed by atoms with Crippen molar-refractivity contribution in [2.45, 2.75) is 44.2 Å². The molecule has 2 atom stereocenters. The van der Waals surface area contributed by atoms with Gasteiger partial charge in [-0.25, -0.2) is 0 Å². The molecule has 2 aliphatic rings. The van der Waals surface area contributed by atoms with Crippen LogP contribution >= 0.6 is 0 Å². The summed E-state index contributed by atoms with van der Waals surface area (Å²) in [6.07, 6.45) is 9.08. The van der Waals surface area contributed by atoms with Gasteiger partial charge in [-0.2, -0.15) is 5.10 Å². The normalized spacial score (nSPS) is 26.4. The van der Waals surface area contributed by atoms with Crippen LogP contribution in [-0.2, 0) is 16.9 Å². The van der Waals surface area contributed by atoms with Crippen LogP contribution in [0.25, 0.3) is 0 Å². The lowest BCUT2D eigenvalue weighted by atomic mass is 9.61. The van der Waals surface area contributed by atoms with E-state index in [9.17, 15) is 4.79 Å². The minimum atomic E-state index is -0.0410. The van der Waals surface area contributed by atoms with Crippen LogP contribution in [0.1, 0.15) is 37.7 Å². The molecule has 1 aliphatic heterocycles. The predicted octanol–water partition coefficient (Wildman–Crippen LogP) is 3.20. The number of likely N-dealkylation sites (tertiary alicyclic amines) is 1. The van der Waals surface area contributed by atoms with Crippen molar-refractivity contribution in [3.8, 4) is 0 Å². The van der Waals surface area contributed by atoms with Crippen molar-refractivity contribution >= 4 is 5.91 Å². The number of carbonyl (C=O) groups excluding carboxylic acids is 1. The molecular weight excluding hydrogens is 286 g/mol. The first-order valence-corrected chi connectivity index (χ1v) is 8.64. The van der Waals surface area contributed by atoms with Crippen molar-refractivity contribution < 1.29 is 4.79 Å². The van der Waals surface area contributed by atoms with E-state index < -0.39 is 0 Å². The molecule has 0 spiro atoms. The Morgan fingerprint density at radius 1 is 1.22 bits per heavy atom. The number of hydrogen-bond donors (Lipinski definition) is 0. The molecule has 1 amide bonds. The molecule has 0 unspecified atom stereocenters. The Bertz CT molecular complexity index is 667. The van der Waals surface area contributed by atoms with Crippen molar-refractivity contribution in [3.05, 3.63) is 54.4 Å². The summed E-state index contributed by atoms with van der Waals surface area (Å²) in [6.45, 7) is 1.59. The van der Waals surface area contributed by atoms with Crippen LogP contribution in [0, 0.1) is 5.92 Å². The molecular formula is C19H23N3O. The zero-order chi connectivity index (χ0) is 15.7. The lowest BCUT2D eigenvalue weighted by Gasteiger charge is -2.61. The summed E-state index contributed by atoms with van der Waals surface area (Å²) in [4.78, 5) is 15.0. The Balaban J connectivity index is 1.54. The van der Waals surface area contributed by atoms with E-state index in [1.165, 1.54) is 24.8 Å². The molecule has 1 aliphatic carbocycles. The van der Waals surface area contributed by atoms with E-state index in [4.69, 9.17) is 0 Å². The van der Waals surface area contributed by atoms with Crippen molar-refractivity contribution in [2.75, 3.05) is 6.54 Å². The summed E-state index contributed by atoms with van der Waals surface area (Å²) in [5.74, 6) is 0.898. The topological polar surface area (TPSA) is 38.1 Å². The number of aryl methyl sites for hydroxylation is 1. The summed E-state index contributed by atoms with van der Waals surface area (Å²) in [7, 11) is 0. The molecule has 2 heterocycles. The summed E-state index contributed by atoms with van der Waals surface area (Å²) >= 11 is 0. The highest BCUT2D eigenvalue weighted by molar-refractivity contribution is 5.78. The second-order valence-corrected chi connectivity index (χ2v) is 6.76. The summed E-state index contributed by atoms with van der Waals surface area (Å²) < 4.78 is 1.84. The third-order valence-corrected chi connectivity index (χ3v) is 5.61. The van der Waals surface area contributed by atoms with E-state index in [1.54, 1.807) is 6.20 Å². The second-order valence-electron chi connectivity index (χ2n) is 6.76. The number of aromatic nitrogens is 2. The maximum atomic E-state index is 12.8. The Kier molecular flexibility index (Phi) is 3.68. The first-order valence-electron chi connectivity index (χ1n) is 8.64. The van der Waals surface area contributed by atoms with Crippen molar-refractivity contribution in [1.29, 1.82) is 0 Å². The standard InChI is InChI=1S/C19H23N3O/c23-18(10-14-21-13-6-12-20-21)22-15-17-9-4-5-11-19(17,22)16-7-2-1-3-8-16/h1-3,6-8,12-13,17H,4-5,9-11,14-15H2/t17-,19+/m0/s1. The number of carbonyl (C=O) groups is 1. The number of fused-ring (bicyclic) bond motifs is 1. The van der Waals surface area contributed by atoms with Gasteiger partial charge in [-0.05, 0) is 24.5 Å². The third kappa shape index (κ3) is 2.37. The van der Waals surface area contributed by atoms with Gasteiger partial charge >= 0.3 is 0 Å². The highest BCUT2D eigenvalue weighted by Crippen LogP contribution is 2.53. The van der Waals surface area contributed by atoms with Gasteiger partial charge in [-0.3, -0.25) is 9.48 Å². The van der Waals surface area contributed by atoms with Gasteiger partial charge in [0.25, 0.3) is 0 Å². The minimum absolute atomic E-state index is 0.0410. The lowest BCUT2D eigenvalue weighted by molar-refractivity contribution is -0.167.